The molecule has 0 saturated heterocycles. The number of ether oxygens (including phenoxy) is 1. The highest BCUT2D eigenvalue weighted by atomic mass is 127. The third kappa shape index (κ3) is 2.76. The monoisotopic (exact) mass is 497 g/mol. The van der Waals surface area contributed by atoms with E-state index in [0.717, 1.165) is 16.6 Å². The van der Waals surface area contributed by atoms with Crippen LogP contribution in [0.15, 0.2) is 35.1 Å². The lowest BCUT2D eigenvalue weighted by Gasteiger charge is -2.08. The van der Waals surface area contributed by atoms with Crippen molar-refractivity contribution in [2.24, 2.45) is 0 Å². The van der Waals surface area contributed by atoms with Crippen molar-refractivity contribution >= 4 is 63.0 Å². The summed E-state index contributed by atoms with van der Waals surface area (Å²) in [6, 6.07) is 3.98. The van der Waals surface area contributed by atoms with E-state index in [0.29, 0.717) is 11.0 Å². The molecule has 0 amide bonds. The summed E-state index contributed by atoms with van der Waals surface area (Å²) >= 11 is 5.40. The molecule has 0 saturated carbocycles. The van der Waals surface area contributed by atoms with Crippen molar-refractivity contribution in [3.8, 4) is 11.5 Å². The fraction of sp³-hybridized carbons (Fsp3) is 0. The van der Waals surface area contributed by atoms with Crippen molar-refractivity contribution < 1.29 is 13.5 Å². The molecule has 0 bridgehead atoms. The Kier molecular flexibility index (Phi) is 4.46. The zero-order chi connectivity index (χ0) is 15.9. The van der Waals surface area contributed by atoms with Crippen molar-refractivity contribution in [2.75, 3.05) is 5.73 Å². The van der Waals surface area contributed by atoms with Crippen molar-refractivity contribution in [3.05, 3.63) is 46.7 Å². The van der Waals surface area contributed by atoms with Gasteiger partial charge < -0.3 is 10.5 Å². The Bertz CT molecular complexity index is 874. The number of nitrogen functional groups attached to an aromatic ring is 1. The number of benzene rings is 1. The second-order valence-electron chi connectivity index (χ2n) is 4.29. The highest BCUT2D eigenvalue weighted by molar-refractivity contribution is 14.2. The molecule has 4 nitrogen and oxygen atoms in total. The van der Waals surface area contributed by atoms with E-state index in [1.807, 2.05) is 0 Å². The van der Waals surface area contributed by atoms with Crippen LogP contribution in [0.25, 0.3) is 11.0 Å². The van der Waals surface area contributed by atoms with Crippen LogP contribution >= 0.6 is 46.3 Å². The van der Waals surface area contributed by atoms with Crippen LogP contribution < -0.4 is 10.5 Å². The van der Waals surface area contributed by atoms with E-state index in [-0.39, 0.29) is 11.4 Å². The van der Waals surface area contributed by atoms with Crippen LogP contribution in [-0.4, -0.2) is 8.96 Å². The van der Waals surface area contributed by atoms with Gasteiger partial charge in [-0.25, -0.2) is 13.8 Å². The Morgan fingerprint density at radius 3 is 2.86 bits per heavy atom. The lowest BCUT2D eigenvalue weighted by atomic mass is 10.2. The maximum absolute atomic E-state index is 14.0. The number of aromatic nitrogens is 2. The van der Waals surface area contributed by atoms with Crippen molar-refractivity contribution in [2.45, 2.75) is 0 Å². The van der Waals surface area contributed by atoms with Crippen molar-refractivity contribution in [3.63, 3.8) is 0 Å². The van der Waals surface area contributed by atoms with Gasteiger partial charge in [-0.3, -0.25) is 3.97 Å². The smallest absolute Gasteiger partial charge is 0.200 e. The van der Waals surface area contributed by atoms with E-state index >= 15 is 0 Å². The van der Waals surface area contributed by atoms with E-state index in [2.05, 4.69) is 42.1 Å². The fourth-order valence-electron chi connectivity index (χ4n) is 1.91. The molecule has 1 aromatic carbocycles. The molecule has 0 aliphatic carbocycles. The van der Waals surface area contributed by atoms with E-state index in [1.54, 1.807) is 22.4 Å². The van der Waals surface area contributed by atoms with Crippen LogP contribution in [0.5, 0.6) is 11.5 Å². The number of rotatable bonds is 3. The quantitative estimate of drug-likeness (QED) is 0.394. The topological polar surface area (TPSA) is 53.1 Å². The third-order valence-corrected chi connectivity index (χ3v) is 5.04. The molecule has 0 radical (unpaired) electrons. The average molecular weight is 498 g/mol. The fourth-order valence-corrected chi connectivity index (χ4v) is 3.49. The standard InChI is InChI=1S/C13H7BrF2IN3OS/c14-6-3-7-10(5-20(22-17)13(7)19-4-6)21-12-8(15)1-2-9(18)11(12)16/h1-5H,18H2. The van der Waals surface area contributed by atoms with Gasteiger partial charge in [0.2, 0.25) is 5.75 Å². The summed E-state index contributed by atoms with van der Waals surface area (Å²) < 4.78 is 35.7. The zero-order valence-corrected chi connectivity index (χ0v) is 15.2. The van der Waals surface area contributed by atoms with Crippen LogP contribution in [0.4, 0.5) is 14.5 Å². The van der Waals surface area contributed by atoms with Gasteiger partial charge in [-0.2, -0.15) is 0 Å². The van der Waals surface area contributed by atoms with Crippen molar-refractivity contribution in [1.29, 1.82) is 0 Å². The Labute approximate surface area is 148 Å². The first-order chi connectivity index (χ1) is 10.5. The molecule has 0 unspecified atom stereocenters. The number of nitrogens with two attached hydrogens (primary N) is 1. The van der Waals surface area contributed by atoms with Gasteiger partial charge in [-0.1, -0.05) is 0 Å². The largest absolute Gasteiger partial charge is 0.449 e. The first-order valence-electron chi connectivity index (χ1n) is 5.88. The number of hydrogen-bond acceptors (Lipinski definition) is 4. The van der Waals surface area contributed by atoms with Gasteiger partial charge in [0.05, 0.1) is 17.3 Å². The Balaban J connectivity index is 2.16. The summed E-state index contributed by atoms with van der Waals surface area (Å²) in [5.74, 6) is -1.99. The SMILES string of the molecule is Nc1ccc(F)c(Oc2cn(SI)c3ncc(Br)cc23)c1F. The molecule has 0 spiro atoms. The van der Waals surface area contributed by atoms with E-state index in [9.17, 15) is 8.78 Å². The van der Waals surface area contributed by atoms with Gasteiger partial charge in [0.15, 0.2) is 23.0 Å². The first-order valence-corrected chi connectivity index (χ1v) is 9.99. The molecule has 0 fully saturated rings. The molecule has 0 aliphatic rings. The molecule has 2 heterocycles. The number of halogens is 4. The lowest BCUT2D eigenvalue weighted by Crippen LogP contribution is -1.97. The molecule has 0 atom stereocenters. The molecular weight excluding hydrogens is 491 g/mol. The van der Waals surface area contributed by atoms with Crippen LogP contribution in [0.3, 0.4) is 0 Å². The van der Waals surface area contributed by atoms with Gasteiger partial charge in [-0.15, -0.1) is 0 Å². The summed E-state index contributed by atoms with van der Waals surface area (Å²) in [6.07, 6.45) is 3.25. The average Bonchev–Trinajstić information content (AvgIpc) is 2.84. The Morgan fingerprint density at radius 2 is 2.14 bits per heavy atom. The molecule has 9 heteroatoms. The maximum atomic E-state index is 14.0. The summed E-state index contributed by atoms with van der Waals surface area (Å²) in [5.41, 5.74) is 5.91. The first kappa shape index (κ1) is 15.8. The lowest BCUT2D eigenvalue weighted by molar-refractivity contribution is 0.412. The van der Waals surface area contributed by atoms with Gasteiger partial charge in [0.25, 0.3) is 0 Å². The molecule has 3 aromatic rings. The molecule has 114 valence electrons. The van der Waals surface area contributed by atoms with E-state index < -0.39 is 17.4 Å². The molecule has 22 heavy (non-hydrogen) atoms. The van der Waals surface area contributed by atoms with Gasteiger partial charge >= 0.3 is 0 Å². The minimum atomic E-state index is -0.925. The Morgan fingerprint density at radius 1 is 1.36 bits per heavy atom. The molecule has 0 aliphatic heterocycles. The summed E-state index contributed by atoms with van der Waals surface area (Å²) in [4.78, 5) is 4.27. The Hall–Kier alpha value is -1.07. The molecule has 2 N–H and O–H groups in total. The number of nitrogens with zero attached hydrogens (tertiary/aromatic N) is 2. The van der Waals surface area contributed by atoms with Gasteiger partial charge in [-0.05, 0) is 34.1 Å². The second kappa shape index (κ2) is 6.20. The van der Waals surface area contributed by atoms with Crippen molar-refractivity contribution in [1.82, 2.24) is 8.96 Å². The van der Waals surface area contributed by atoms with Crippen LogP contribution in [0, 0.1) is 11.6 Å². The number of pyridine rings is 1. The minimum Gasteiger partial charge on any atom is -0.449 e. The third-order valence-electron chi connectivity index (χ3n) is 2.91. The summed E-state index contributed by atoms with van der Waals surface area (Å²) in [6.45, 7) is 0. The number of hydrogen-bond donors (Lipinski definition) is 1. The van der Waals surface area contributed by atoms with Gasteiger partial charge in [0.1, 0.15) is 0 Å². The normalized spacial score (nSPS) is 11.1. The van der Waals surface area contributed by atoms with Gasteiger partial charge in [0, 0.05) is 41.0 Å². The second-order valence-corrected chi connectivity index (χ2v) is 6.92. The summed E-state index contributed by atoms with van der Waals surface area (Å²) in [5, 5.41) is 0.625. The van der Waals surface area contributed by atoms with E-state index in [1.165, 1.54) is 9.12 Å². The van der Waals surface area contributed by atoms with Crippen LogP contribution in [0.1, 0.15) is 0 Å². The van der Waals surface area contributed by atoms with E-state index in [4.69, 9.17) is 10.5 Å². The summed E-state index contributed by atoms with van der Waals surface area (Å²) in [7, 11) is 1.36. The van der Waals surface area contributed by atoms with Crippen LogP contribution in [-0.2, 0) is 0 Å². The maximum Gasteiger partial charge on any atom is 0.200 e. The predicted octanol–water partition coefficient (Wildman–Crippen LogP) is 5.30. The predicted molar refractivity (Wildman–Crippen MR) is 95.3 cm³/mol. The van der Waals surface area contributed by atoms with Crippen LogP contribution in [0.2, 0.25) is 0 Å². The number of anilines is 1. The minimum absolute atomic E-state index is 0.178. The highest BCUT2D eigenvalue weighted by Gasteiger charge is 2.18. The highest BCUT2D eigenvalue weighted by Crippen LogP contribution is 2.38. The molecule has 3 rings (SSSR count). The zero-order valence-electron chi connectivity index (χ0n) is 10.7. The molecular formula is C13H7BrF2IN3OS. The number of fused-ring (bicyclic) bond motifs is 1. The molecule has 2 aromatic heterocycles.